The predicted octanol–water partition coefficient (Wildman–Crippen LogP) is 1.98. The number of likely N-dealkylation sites (tertiary alicyclic amines) is 1. The van der Waals surface area contributed by atoms with Gasteiger partial charge in [-0.25, -0.2) is 0 Å². The van der Waals surface area contributed by atoms with Crippen LogP contribution in [0.15, 0.2) is 30.3 Å². The Kier molecular flexibility index (Phi) is 4.03. The van der Waals surface area contributed by atoms with E-state index in [0.29, 0.717) is 26.2 Å². The molecular weight excluding hydrogens is 254 g/mol. The highest BCUT2D eigenvalue weighted by molar-refractivity contribution is 5.71. The molecule has 0 aliphatic carbocycles. The highest BCUT2D eigenvalue weighted by Gasteiger charge is 2.46. The lowest BCUT2D eigenvalue weighted by atomic mass is 9.91. The summed E-state index contributed by atoms with van der Waals surface area (Å²) >= 11 is 0. The number of hydrogen-bond acceptors (Lipinski definition) is 4. The molecule has 2 fully saturated rings. The summed E-state index contributed by atoms with van der Waals surface area (Å²) in [5, 5.41) is 0. The molecule has 0 radical (unpaired) electrons. The third-order valence-electron chi connectivity index (χ3n) is 4.23. The molecule has 2 heterocycles. The Balaban J connectivity index is 1.52. The van der Waals surface area contributed by atoms with E-state index < -0.39 is 0 Å². The molecule has 3 rings (SSSR count). The van der Waals surface area contributed by atoms with E-state index in [9.17, 15) is 4.79 Å². The first-order valence-electron chi connectivity index (χ1n) is 7.31. The van der Waals surface area contributed by atoms with Gasteiger partial charge in [0.05, 0.1) is 25.2 Å². The number of esters is 1. The predicted molar refractivity (Wildman–Crippen MR) is 75.2 cm³/mol. The molecule has 0 bridgehead atoms. The molecule has 108 valence electrons. The number of hydrogen-bond donors (Lipinski definition) is 0. The topological polar surface area (TPSA) is 38.8 Å². The highest BCUT2D eigenvalue weighted by atomic mass is 16.5. The van der Waals surface area contributed by atoms with Crippen molar-refractivity contribution in [3.8, 4) is 0 Å². The standard InChI is InChI=1S/C16H21NO3/c18-15(20-11-14-6-2-1-3-7-14)10-16(12-19-13-16)17-8-4-5-9-17/h1-3,6-7H,4-5,8-13H2. The number of benzene rings is 1. The van der Waals surface area contributed by atoms with Crippen LogP contribution in [0.1, 0.15) is 24.8 Å². The number of rotatable bonds is 5. The van der Waals surface area contributed by atoms with E-state index >= 15 is 0 Å². The van der Waals surface area contributed by atoms with Gasteiger partial charge in [-0.1, -0.05) is 30.3 Å². The maximum atomic E-state index is 12.1. The molecule has 4 nitrogen and oxygen atoms in total. The van der Waals surface area contributed by atoms with Crippen LogP contribution in [0, 0.1) is 0 Å². The minimum Gasteiger partial charge on any atom is -0.461 e. The largest absolute Gasteiger partial charge is 0.461 e. The second-order valence-electron chi connectivity index (χ2n) is 5.73. The van der Waals surface area contributed by atoms with E-state index in [1.807, 2.05) is 30.3 Å². The molecule has 0 saturated carbocycles. The second-order valence-corrected chi connectivity index (χ2v) is 5.73. The van der Waals surface area contributed by atoms with Gasteiger partial charge >= 0.3 is 5.97 Å². The van der Waals surface area contributed by atoms with Gasteiger partial charge in [0.1, 0.15) is 6.61 Å². The molecular formula is C16H21NO3. The van der Waals surface area contributed by atoms with Gasteiger partial charge in [-0.2, -0.15) is 0 Å². The lowest BCUT2D eigenvalue weighted by molar-refractivity contribution is -0.168. The van der Waals surface area contributed by atoms with Crippen molar-refractivity contribution in [1.29, 1.82) is 0 Å². The van der Waals surface area contributed by atoms with Crippen molar-refractivity contribution < 1.29 is 14.3 Å². The maximum Gasteiger partial charge on any atom is 0.308 e. The maximum absolute atomic E-state index is 12.1. The molecule has 0 unspecified atom stereocenters. The van der Waals surface area contributed by atoms with E-state index in [1.54, 1.807) is 0 Å². The van der Waals surface area contributed by atoms with E-state index in [1.165, 1.54) is 12.8 Å². The summed E-state index contributed by atoms with van der Waals surface area (Å²) in [6.45, 7) is 3.84. The Morgan fingerprint density at radius 2 is 1.90 bits per heavy atom. The third kappa shape index (κ3) is 2.86. The summed E-state index contributed by atoms with van der Waals surface area (Å²) in [5.74, 6) is -0.121. The molecule has 2 saturated heterocycles. The van der Waals surface area contributed by atoms with Crippen LogP contribution in [0.4, 0.5) is 0 Å². The van der Waals surface area contributed by atoms with Gasteiger partial charge in [0.2, 0.25) is 0 Å². The van der Waals surface area contributed by atoms with Crippen molar-refractivity contribution in [3.05, 3.63) is 35.9 Å². The fourth-order valence-corrected chi connectivity index (χ4v) is 2.98. The quantitative estimate of drug-likeness (QED) is 0.770. The Morgan fingerprint density at radius 1 is 1.20 bits per heavy atom. The minimum absolute atomic E-state index is 0.0930. The Morgan fingerprint density at radius 3 is 2.50 bits per heavy atom. The molecule has 1 aromatic rings. The SMILES string of the molecule is O=C(CC1(N2CCCC2)COC1)OCc1ccccc1. The summed E-state index contributed by atoms with van der Waals surface area (Å²) in [7, 11) is 0. The van der Waals surface area contributed by atoms with Crippen molar-refractivity contribution in [2.45, 2.75) is 31.4 Å². The van der Waals surface area contributed by atoms with Crippen molar-refractivity contribution >= 4 is 5.97 Å². The zero-order valence-corrected chi connectivity index (χ0v) is 11.7. The first-order valence-corrected chi connectivity index (χ1v) is 7.31. The van der Waals surface area contributed by atoms with Crippen LogP contribution in [-0.2, 0) is 20.9 Å². The van der Waals surface area contributed by atoms with Crippen LogP contribution in [0.3, 0.4) is 0 Å². The fraction of sp³-hybridized carbons (Fsp3) is 0.562. The van der Waals surface area contributed by atoms with Crippen LogP contribution in [0.2, 0.25) is 0 Å². The van der Waals surface area contributed by atoms with Gasteiger partial charge < -0.3 is 9.47 Å². The van der Waals surface area contributed by atoms with Gasteiger partial charge in [-0.05, 0) is 31.5 Å². The van der Waals surface area contributed by atoms with Crippen LogP contribution in [-0.4, -0.2) is 42.7 Å². The summed E-state index contributed by atoms with van der Waals surface area (Å²) < 4.78 is 10.8. The lowest BCUT2D eigenvalue weighted by Gasteiger charge is -2.47. The molecule has 2 aliphatic heterocycles. The summed E-state index contributed by atoms with van der Waals surface area (Å²) in [4.78, 5) is 14.5. The number of carbonyl (C=O) groups excluding carboxylic acids is 1. The van der Waals surface area contributed by atoms with E-state index in [-0.39, 0.29) is 11.5 Å². The second kappa shape index (κ2) is 5.94. The minimum atomic E-state index is -0.121. The Bertz CT molecular complexity index is 450. The zero-order valence-electron chi connectivity index (χ0n) is 11.7. The normalized spacial score (nSPS) is 21.4. The van der Waals surface area contributed by atoms with Gasteiger partial charge in [-0.15, -0.1) is 0 Å². The summed E-state index contributed by atoms with van der Waals surface area (Å²) in [5.41, 5.74) is 0.936. The average molecular weight is 275 g/mol. The van der Waals surface area contributed by atoms with Crippen molar-refractivity contribution in [3.63, 3.8) is 0 Å². The molecule has 20 heavy (non-hydrogen) atoms. The first kappa shape index (κ1) is 13.6. The zero-order chi connectivity index (χ0) is 13.8. The van der Waals surface area contributed by atoms with Gasteiger partial charge in [0, 0.05) is 0 Å². The molecule has 4 heteroatoms. The van der Waals surface area contributed by atoms with Crippen molar-refractivity contribution in [2.24, 2.45) is 0 Å². The Labute approximate surface area is 119 Å². The monoisotopic (exact) mass is 275 g/mol. The van der Waals surface area contributed by atoms with Gasteiger partial charge in [0.25, 0.3) is 0 Å². The number of ether oxygens (including phenoxy) is 2. The number of nitrogens with zero attached hydrogens (tertiary/aromatic N) is 1. The van der Waals surface area contributed by atoms with Crippen molar-refractivity contribution in [2.75, 3.05) is 26.3 Å². The lowest BCUT2D eigenvalue weighted by Crippen LogP contribution is -2.62. The average Bonchev–Trinajstić information content (AvgIpc) is 2.96. The van der Waals surface area contributed by atoms with Crippen molar-refractivity contribution in [1.82, 2.24) is 4.90 Å². The fourth-order valence-electron chi connectivity index (χ4n) is 2.98. The molecule has 0 amide bonds. The van der Waals surface area contributed by atoms with Crippen LogP contribution in [0.25, 0.3) is 0 Å². The van der Waals surface area contributed by atoms with Crippen LogP contribution < -0.4 is 0 Å². The smallest absolute Gasteiger partial charge is 0.308 e. The van der Waals surface area contributed by atoms with Gasteiger partial charge in [-0.3, -0.25) is 9.69 Å². The number of carbonyl (C=O) groups is 1. The highest BCUT2D eigenvalue weighted by Crippen LogP contribution is 2.32. The third-order valence-corrected chi connectivity index (χ3v) is 4.23. The molecule has 0 atom stereocenters. The molecule has 0 N–H and O–H groups in total. The van der Waals surface area contributed by atoms with E-state index in [0.717, 1.165) is 18.7 Å². The summed E-state index contributed by atoms with van der Waals surface area (Å²) in [6, 6.07) is 9.80. The van der Waals surface area contributed by atoms with Crippen LogP contribution >= 0.6 is 0 Å². The van der Waals surface area contributed by atoms with E-state index in [4.69, 9.17) is 9.47 Å². The Hall–Kier alpha value is -1.39. The first-order chi connectivity index (χ1) is 9.78. The van der Waals surface area contributed by atoms with E-state index in [2.05, 4.69) is 4.90 Å². The summed E-state index contributed by atoms with van der Waals surface area (Å²) in [6.07, 6.45) is 2.89. The molecule has 0 spiro atoms. The molecule has 1 aromatic carbocycles. The van der Waals surface area contributed by atoms with Crippen LogP contribution in [0.5, 0.6) is 0 Å². The molecule has 2 aliphatic rings. The van der Waals surface area contributed by atoms with Gasteiger partial charge in [0.15, 0.2) is 0 Å². The molecule has 0 aromatic heterocycles.